The van der Waals surface area contributed by atoms with E-state index in [1.54, 1.807) is 40.9 Å². The molecule has 24 heavy (non-hydrogen) atoms. The summed E-state index contributed by atoms with van der Waals surface area (Å²) in [6.45, 7) is 2.11. The lowest BCUT2D eigenvalue weighted by Gasteiger charge is -2.29. The molecule has 2 saturated heterocycles. The van der Waals surface area contributed by atoms with Gasteiger partial charge in [0.15, 0.2) is 0 Å². The van der Waals surface area contributed by atoms with Gasteiger partial charge in [-0.25, -0.2) is 9.59 Å². The van der Waals surface area contributed by atoms with Crippen molar-refractivity contribution in [2.45, 2.75) is 37.3 Å². The van der Waals surface area contributed by atoms with Crippen LogP contribution in [0.15, 0.2) is 24.3 Å². The minimum Gasteiger partial charge on any atom is -0.465 e. The molecule has 1 amide bonds. The maximum atomic E-state index is 12.4. The average molecular weight is 349 g/mol. The number of methoxy groups -OCH3 is 1. The highest BCUT2D eigenvalue weighted by Gasteiger charge is 2.53. The van der Waals surface area contributed by atoms with Gasteiger partial charge in [-0.3, -0.25) is 4.79 Å². The van der Waals surface area contributed by atoms with Crippen LogP contribution in [0.25, 0.3) is 0 Å². The number of nitrogens with zero attached hydrogens (tertiary/aromatic N) is 1. The van der Waals surface area contributed by atoms with Gasteiger partial charge in [-0.05, 0) is 31.0 Å². The Morgan fingerprint density at radius 3 is 2.71 bits per heavy atom. The summed E-state index contributed by atoms with van der Waals surface area (Å²) in [7, 11) is 1.32. The van der Waals surface area contributed by atoms with Crippen LogP contribution in [0.2, 0.25) is 0 Å². The molecule has 0 saturated carbocycles. The molecule has 1 aromatic rings. The number of ether oxygens (including phenoxy) is 2. The number of esters is 2. The van der Waals surface area contributed by atoms with Crippen LogP contribution in [0, 0.1) is 0 Å². The van der Waals surface area contributed by atoms with E-state index in [1.807, 2.05) is 6.92 Å². The molecule has 0 aliphatic carbocycles. The summed E-state index contributed by atoms with van der Waals surface area (Å²) in [5.41, 5.74) is 1.22. The van der Waals surface area contributed by atoms with E-state index in [1.165, 1.54) is 7.11 Å². The number of thioether (sulfide) groups is 1. The molecule has 2 heterocycles. The van der Waals surface area contributed by atoms with Gasteiger partial charge in [0.25, 0.3) is 0 Å². The molecule has 2 aliphatic heterocycles. The molecule has 2 aliphatic rings. The standard InChI is InChI=1S/C17H19NO5S/c1-17-8-7-14(19)18(17)13(10-24-17)16(21)23-9-11-3-5-12(6-4-11)15(20)22-2/h3-6,13H,7-10H2,1-2H3/t13-,17+/m1/s1. The van der Waals surface area contributed by atoms with E-state index in [-0.39, 0.29) is 23.4 Å². The highest BCUT2D eigenvalue weighted by molar-refractivity contribution is 8.01. The number of hydrogen-bond donors (Lipinski definition) is 0. The van der Waals surface area contributed by atoms with Crippen molar-refractivity contribution in [3.63, 3.8) is 0 Å². The van der Waals surface area contributed by atoms with Crippen molar-refractivity contribution in [3.05, 3.63) is 35.4 Å². The van der Waals surface area contributed by atoms with E-state index >= 15 is 0 Å². The highest BCUT2D eigenvalue weighted by Crippen LogP contribution is 2.47. The summed E-state index contributed by atoms with van der Waals surface area (Å²) in [6, 6.07) is 6.18. The average Bonchev–Trinajstić information content (AvgIpc) is 3.09. The van der Waals surface area contributed by atoms with E-state index in [9.17, 15) is 14.4 Å². The van der Waals surface area contributed by atoms with Gasteiger partial charge in [-0.2, -0.15) is 0 Å². The molecule has 0 radical (unpaired) electrons. The van der Waals surface area contributed by atoms with Gasteiger partial charge < -0.3 is 14.4 Å². The summed E-state index contributed by atoms with van der Waals surface area (Å²) in [5, 5.41) is 0. The van der Waals surface area contributed by atoms with E-state index in [0.29, 0.717) is 17.7 Å². The van der Waals surface area contributed by atoms with Gasteiger partial charge in [0.1, 0.15) is 12.6 Å². The minimum absolute atomic E-state index is 0.0203. The highest BCUT2D eigenvalue weighted by atomic mass is 32.2. The molecule has 0 bridgehead atoms. The molecule has 1 aromatic carbocycles. The Labute approximate surface area is 144 Å². The van der Waals surface area contributed by atoms with Crippen LogP contribution in [0.1, 0.15) is 35.7 Å². The molecule has 2 atom stereocenters. The third-order valence-electron chi connectivity index (χ3n) is 4.47. The number of hydrogen-bond acceptors (Lipinski definition) is 6. The van der Waals surface area contributed by atoms with E-state index in [2.05, 4.69) is 4.74 Å². The molecule has 6 nitrogen and oxygen atoms in total. The van der Waals surface area contributed by atoms with Crippen LogP contribution < -0.4 is 0 Å². The van der Waals surface area contributed by atoms with Crippen molar-refractivity contribution in [2.24, 2.45) is 0 Å². The van der Waals surface area contributed by atoms with Crippen LogP contribution in [-0.2, 0) is 25.7 Å². The van der Waals surface area contributed by atoms with Crippen LogP contribution in [0.3, 0.4) is 0 Å². The summed E-state index contributed by atoms with van der Waals surface area (Å²) in [6.07, 6.45) is 1.26. The first-order valence-corrected chi connectivity index (χ1v) is 8.73. The third kappa shape index (κ3) is 3.00. The van der Waals surface area contributed by atoms with Crippen molar-refractivity contribution in [3.8, 4) is 0 Å². The van der Waals surface area contributed by atoms with Crippen LogP contribution in [0.5, 0.6) is 0 Å². The zero-order valence-corrected chi connectivity index (χ0v) is 14.4. The quantitative estimate of drug-likeness (QED) is 0.774. The second kappa shape index (κ2) is 6.47. The maximum Gasteiger partial charge on any atom is 0.337 e. The first kappa shape index (κ1) is 16.8. The molecule has 3 rings (SSSR count). The Bertz CT molecular complexity index is 674. The van der Waals surface area contributed by atoms with Gasteiger partial charge in [-0.1, -0.05) is 12.1 Å². The zero-order valence-electron chi connectivity index (χ0n) is 13.6. The Morgan fingerprint density at radius 2 is 2.04 bits per heavy atom. The lowest BCUT2D eigenvalue weighted by Crippen LogP contribution is -2.46. The summed E-state index contributed by atoms with van der Waals surface area (Å²) < 4.78 is 10.0. The lowest BCUT2D eigenvalue weighted by atomic mass is 10.1. The maximum absolute atomic E-state index is 12.4. The second-order valence-electron chi connectivity index (χ2n) is 6.06. The summed E-state index contributed by atoms with van der Waals surface area (Å²) in [4.78, 5) is 37.2. The van der Waals surface area contributed by atoms with E-state index < -0.39 is 12.0 Å². The Balaban J connectivity index is 1.60. The van der Waals surface area contributed by atoms with Gasteiger partial charge >= 0.3 is 11.9 Å². The number of amides is 1. The van der Waals surface area contributed by atoms with Gasteiger partial charge in [0, 0.05) is 12.2 Å². The summed E-state index contributed by atoms with van der Waals surface area (Å²) in [5.74, 6) is -0.193. The lowest BCUT2D eigenvalue weighted by molar-refractivity contribution is -0.154. The summed E-state index contributed by atoms with van der Waals surface area (Å²) >= 11 is 1.64. The number of fused-ring (bicyclic) bond motifs is 1. The first-order chi connectivity index (χ1) is 11.4. The fraction of sp³-hybridized carbons (Fsp3) is 0.471. The van der Waals surface area contributed by atoms with Crippen LogP contribution in [0.4, 0.5) is 0 Å². The van der Waals surface area contributed by atoms with E-state index in [0.717, 1.165) is 12.0 Å². The monoisotopic (exact) mass is 349 g/mol. The normalized spacial score (nSPS) is 25.5. The van der Waals surface area contributed by atoms with Crippen LogP contribution in [-0.4, -0.2) is 46.5 Å². The molecule has 0 spiro atoms. The molecule has 0 N–H and O–H groups in total. The largest absolute Gasteiger partial charge is 0.465 e. The van der Waals surface area contributed by atoms with Crippen molar-refractivity contribution in [1.29, 1.82) is 0 Å². The molecular weight excluding hydrogens is 330 g/mol. The number of carbonyl (C=O) groups excluding carboxylic acids is 3. The van der Waals surface area contributed by atoms with Crippen molar-refractivity contribution < 1.29 is 23.9 Å². The van der Waals surface area contributed by atoms with Gasteiger partial charge in [0.05, 0.1) is 17.5 Å². The molecule has 2 fully saturated rings. The number of carbonyl (C=O) groups is 3. The predicted octanol–water partition coefficient (Wildman–Crippen LogP) is 1.97. The fourth-order valence-corrected chi connectivity index (χ4v) is 4.52. The molecule has 0 aromatic heterocycles. The van der Waals surface area contributed by atoms with E-state index in [4.69, 9.17) is 4.74 Å². The minimum atomic E-state index is -0.510. The Kier molecular flexibility index (Phi) is 4.54. The first-order valence-electron chi connectivity index (χ1n) is 7.74. The zero-order chi connectivity index (χ0) is 17.3. The predicted molar refractivity (Wildman–Crippen MR) is 88.3 cm³/mol. The molecule has 7 heteroatoms. The van der Waals surface area contributed by atoms with Gasteiger partial charge in [-0.15, -0.1) is 11.8 Å². The van der Waals surface area contributed by atoms with Crippen molar-refractivity contribution >= 4 is 29.6 Å². The van der Waals surface area contributed by atoms with Crippen molar-refractivity contribution in [2.75, 3.05) is 12.9 Å². The second-order valence-corrected chi connectivity index (χ2v) is 7.56. The molecule has 128 valence electrons. The Morgan fingerprint density at radius 1 is 1.33 bits per heavy atom. The molecular formula is C17H19NO5S. The van der Waals surface area contributed by atoms with Gasteiger partial charge in [0.2, 0.25) is 5.91 Å². The fourth-order valence-electron chi connectivity index (χ4n) is 3.10. The topological polar surface area (TPSA) is 72.9 Å². The smallest absolute Gasteiger partial charge is 0.337 e. The molecule has 0 unspecified atom stereocenters. The third-order valence-corrected chi connectivity index (χ3v) is 5.98. The Hall–Kier alpha value is -2.02. The van der Waals surface area contributed by atoms with Crippen LogP contribution >= 0.6 is 11.8 Å². The number of benzene rings is 1. The SMILES string of the molecule is COC(=O)c1ccc(COC(=O)[C@H]2CS[C@@]3(C)CCC(=O)N23)cc1. The van der Waals surface area contributed by atoms with Crippen molar-refractivity contribution in [1.82, 2.24) is 4.90 Å². The number of rotatable bonds is 4.